The van der Waals surface area contributed by atoms with E-state index in [-0.39, 0.29) is 11.5 Å². The number of hydrogen-bond donors (Lipinski definition) is 1. The topological polar surface area (TPSA) is 66.1 Å². The molecule has 0 radical (unpaired) electrons. The van der Waals surface area contributed by atoms with E-state index < -0.39 is 0 Å². The van der Waals surface area contributed by atoms with Crippen LogP contribution in [0, 0.1) is 0 Å². The van der Waals surface area contributed by atoms with Crippen LogP contribution in [-0.4, -0.2) is 33.9 Å². The molecule has 1 amide bonds. The van der Waals surface area contributed by atoms with Crippen molar-refractivity contribution in [3.05, 3.63) is 76.8 Å². The van der Waals surface area contributed by atoms with Crippen LogP contribution in [-0.2, 0) is 0 Å². The molecule has 1 N–H and O–H groups in total. The molecule has 4 aromatic rings. The molecule has 1 fully saturated rings. The van der Waals surface area contributed by atoms with Crippen LogP contribution in [0.3, 0.4) is 0 Å². The summed E-state index contributed by atoms with van der Waals surface area (Å²) >= 11 is 0. The zero-order valence-corrected chi connectivity index (χ0v) is 16.0. The van der Waals surface area contributed by atoms with Crippen molar-refractivity contribution in [1.29, 1.82) is 0 Å². The lowest BCUT2D eigenvalue weighted by Crippen LogP contribution is -2.35. The van der Waals surface area contributed by atoms with E-state index in [1.165, 1.54) is 6.42 Å². The van der Waals surface area contributed by atoms with Crippen LogP contribution in [0.15, 0.2) is 65.7 Å². The Morgan fingerprint density at radius 1 is 0.966 bits per heavy atom. The standard InChI is InChI=1S/C24H21N3O2/c28-23-22-17(9-10-25-23)14-19(15-26-22)20-6-4-5-16-13-18(7-8-21(16)20)24(29)27-11-2-1-3-12-27/h4-10,13-15H,1-3,11-12H2,(H,25,28). The molecule has 1 saturated heterocycles. The molecule has 5 heteroatoms. The lowest BCUT2D eigenvalue weighted by atomic mass is 9.97. The molecule has 0 bridgehead atoms. The normalized spacial score (nSPS) is 14.4. The van der Waals surface area contributed by atoms with Gasteiger partial charge in [0.05, 0.1) is 0 Å². The molecule has 0 atom stereocenters. The molecule has 29 heavy (non-hydrogen) atoms. The molecule has 1 aliphatic heterocycles. The molecular formula is C24H21N3O2. The Hall–Kier alpha value is -3.47. The smallest absolute Gasteiger partial charge is 0.274 e. The average molecular weight is 383 g/mol. The van der Waals surface area contributed by atoms with Crippen LogP contribution in [0.4, 0.5) is 0 Å². The molecule has 2 aromatic carbocycles. The monoisotopic (exact) mass is 383 g/mol. The predicted octanol–water partition coefficient (Wildman–Crippen LogP) is 4.37. The Morgan fingerprint density at radius 3 is 2.69 bits per heavy atom. The molecule has 0 saturated carbocycles. The fourth-order valence-corrected chi connectivity index (χ4v) is 4.17. The maximum Gasteiger partial charge on any atom is 0.274 e. The van der Waals surface area contributed by atoms with Gasteiger partial charge in [-0.15, -0.1) is 0 Å². The number of nitrogens with one attached hydrogen (secondary N) is 1. The van der Waals surface area contributed by atoms with E-state index in [9.17, 15) is 9.59 Å². The van der Waals surface area contributed by atoms with E-state index in [0.29, 0.717) is 5.52 Å². The van der Waals surface area contributed by atoms with Gasteiger partial charge in [0.1, 0.15) is 5.52 Å². The first kappa shape index (κ1) is 17.6. The van der Waals surface area contributed by atoms with Crippen LogP contribution in [0.25, 0.3) is 32.8 Å². The highest BCUT2D eigenvalue weighted by molar-refractivity contribution is 6.03. The first-order valence-electron chi connectivity index (χ1n) is 10.0. The molecule has 0 aliphatic carbocycles. The van der Waals surface area contributed by atoms with Gasteiger partial charge in [-0.05, 0) is 59.9 Å². The molecule has 5 nitrogen and oxygen atoms in total. The Bertz CT molecular complexity index is 1290. The van der Waals surface area contributed by atoms with Gasteiger partial charge in [-0.3, -0.25) is 9.59 Å². The van der Waals surface area contributed by atoms with Gasteiger partial charge in [-0.25, -0.2) is 4.98 Å². The quantitative estimate of drug-likeness (QED) is 0.559. The molecule has 0 spiro atoms. The summed E-state index contributed by atoms with van der Waals surface area (Å²) in [7, 11) is 0. The van der Waals surface area contributed by atoms with Gasteiger partial charge in [-0.1, -0.05) is 24.3 Å². The number of likely N-dealkylation sites (tertiary alicyclic amines) is 1. The lowest BCUT2D eigenvalue weighted by Gasteiger charge is -2.26. The van der Waals surface area contributed by atoms with Crippen molar-refractivity contribution in [2.75, 3.05) is 13.1 Å². The van der Waals surface area contributed by atoms with Gasteiger partial charge in [0.25, 0.3) is 11.5 Å². The van der Waals surface area contributed by atoms with Crippen molar-refractivity contribution >= 4 is 27.6 Å². The summed E-state index contributed by atoms with van der Waals surface area (Å²) in [4.78, 5) is 33.8. The largest absolute Gasteiger partial charge is 0.339 e. The van der Waals surface area contributed by atoms with Gasteiger partial charge in [0, 0.05) is 42.0 Å². The van der Waals surface area contributed by atoms with Crippen molar-refractivity contribution < 1.29 is 4.79 Å². The van der Waals surface area contributed by atoms with E-state index in [0.717, 1.165) is 58.8 Å². The first-order valence-corrected chi connectivity index (χ1v) is 10.0. The summed E-state index contributed by atoms with van der Waals surface area (Å²) in [5, 5.41) is 2.89. The van der Waals surface area contributed by atoms with Crippen LogP contribution in [0.5, 0.6) is 0 Å². The number of benzene rings is 2. The summed E-state index contributed by atoms with van der Waals surface area (Å²) in [5.41, 5.74) is 2.97. The summed E-state index contributed by atoms with van der Waals surface area (Å²) < 4.78 is 0. The highest BCUT2D eigenvalue weighted by atomic mass is 16.2. The Kier molecular flexibility index (Phi) is 4.35. The molecule has 2 aromatic heterocycles. The van der Waals surface area contributed by atoms with Crippen molar-refractivity contribution in [2.24, 2.45) is 0 Å². The number of nitrogens with zero attached hydrogens (tertiary/aromatic N) is 2. The van der Waals surface area contributed by atoms with E-state index in [1.54, 1.807) is 12.4 Å². The Labute approximate surface area is 168 Å². The maximum absolute atomic E-state index is 12.9. The summed E-state index contributed by atoms with van der Waals surface area (Å²) in [6.07, 6.45) is 6.75. The predicted molar refractivity (Wildman–Crippen MR) is 115 cm³/mol. The highest BCUT2D eigenvalue weighted by Crippen LogP contribution is 2.30. The molecule has 3 heterocycles. The minimum atomic E-state index is -0.187. The zero-order chi connectivity index (χ0) is 19.8. The number of hydrogen-bond acceptors (Lipinski definition) is 3. The van der Waals surface area contributed by atoms with Crippen molar-refractivity contribution in [3.8, 4) is 11.1 Å². The number of H-pyrrole nitrogens is 1. The maximum atomic E-state index is 12.9. The number of carbonyl (C=O) groups excluding carboxylic acids is 1. The van der Waals surface area contributed by atoms with Crippen molar-refractivity contribution in [3.63, 3.8) is 0 Å². The van der Waals surface area contributed by atoms with E-state index in [2.05, 4.69) is 9.97 Å². The third-order valence-corrected chi connectivity index (χ3v) is 5.69. The third kappa shape index (κ3) is 3.18. The number of fused-ring (bicyclic) bond motifs is 2. The lowest BCUT2D eigenvalue weighted by molar-refractivity contribution is 0.0724. The summed E-state index contributed by atoms with van der Waals surface area (Å²) in [5.74, 6) is 0.114. The van der Waals surface area contributed by atoms with Crippen LogP contribution < -0.4 is 5.56 Å². The third-order valence-electron chi connectivity index (χ3n) is 5.69. The highest BCUT2D eigenvalue weighted by Gasteiger charge is 2.18. The van der Waals surface area contributed by atoms with Gasteiger partial charge < -0.3 is 9.88 Å². The zero-order valence-electron chi connectivity index (χ0n) is 16.0. The first-order chi connectivity index (χ1) is 14.2. The second kappa shape index (κ2) is 7.17. The van der Waals surface area contributed by atoms with Gasteiger partial charge in [-0.2, -0.15) is 0 Å². The summed E-state index contributed by atoms with van der Waals surface area (Å²) in [6, 6.07) is 15.8. The van der Waals surface area contributed by atoms with Crippen LogP contribution >= 0.6 is 0 Å². The fourth-order valence-electron chi connectivity index (χ4n) is 4.17. The Morgan fingerprint density at radius 2 is 1.83 bits per heavy atom. The number of rotatable bonds is 2. The summed E-state index contributed by atoms with van der Waals surface area (Å²) in [6.45, 7) is 1.69. The number of amides is 1. The number of aromatic nitrogens is 2. The van der Waals surface area contributed by atoms with Crippen molar-refractivity contribution in [1.82, 2.24) is 14.9 Å². The number of carbonyl (C=O) groups is 1. The van der Waals surface area contributed by atoms with E-state index >= 15 is 0 Å². The second-order valence-corrected chi connectivity index (χ2v) is 7.56. The number of aromatic amines is 1. The SMILES string of the molecule is O=C(c1ccc2c(-c3cnc4c(=O)[nH]ccc4c3)cccc2c1)N1CCCCC1. The van der Waals surface area contributed by atoms with Gasteiger partial charge in [0.2, 0.25) is 0 Å². The fraction of sp³-hybridized carbons (Fsp3) is 0.208. The van der Waals surface area contributed by atoms with Gasteiger partial charge in [0.15, 0.2) is 0 Å². The van der Waals surface area contributed by atoms with Gasteiger partial charge >= 0.3 is 0 Å². The number of piperidine rings is 1. The van der Waals surface area contributed by atoms with E-state index in [1.807, 2.05) is 53.4 Å². The molecule has 1 aliphatic rings. The molecule has 0 unspecified atom stereocenters. The van der Waals surface area contributed by atoms with Crippen LogP contribution in [0.1, 0.15) is 29.6 Å². The average Bonchev–Trinajstić information content (AvgIpc) is 2.78. The van der Waals surface area contributed by atoms with E-state index in [4.69, 9.17) is 0 Å². The minimum absolute atomic E-state index is 0.114. The second-order valence-electron chi connectivity index (χ2n) is 7.56. The minimum Gasteiger partial charge on any atom is -0.339 e. The Balaban J connectivity index is 1.57. The molecular weight excluding hydrogens is 362 g/mol. The number of pyridine rings is 2. The molecule has 144 valence electrons. The van der Waals surface area contributed by atoms with Crippen molar-refractivity contribution in [2.45, 2.75) is 19.3 Å². The molecule has 5 rings (SSSR count). The van der Waals surface area contributed by atoms with Crippen LogP contribution in [0.2, 0.25) is 0 Å².